The van der Waals surface area contributed by atoms with Crippen LogP contribution < -0.4 is 5.32 Å². The first-order chi connectivity index (χ1) is 9.46. The highest BCUT2D eigenvalue weighted by Gasteiger charge is 2.64. The molecule has 1 saturated carbocycles. The molecule has 0 aliphatic heterocycles. The van der Waals surface area contributed by atoms with E-state index in [-0.39, 0.29) is 27.4 Å². The summed E-state index contributed by atoms with van der Waals surface area (Å²) in [6.45, 7) is 9.49. The number of nitrogens with one attached hydrogen (secondary N) is 1. The molecule has 0 atom stereocenters. The molecule has 1 aromatic rings. The maximum atomic E-state index is 11.9. The van der Waals surface area contributed by atoms with Gasteiger partial charge in [0.1, 0.15) is 4.21 Å². The van der Waals surface area contributed by atoms with Gasteiger partial charge in [0.05, 0.1) is 6.42 Å². The number of thiophene rings is 1. The van der Waals surface area contributed by atoms with Crippen molar-refractivity contribution in [2.75, 3.05) is 6.54 Å². The van der Waals surface area contributed by atoms with Gasteiger partial charge in [-0.25, -0.2) is 8.42 Å². The summed E-state index contributed by atoms with van der Waals surface area (Å²) in [6.07, 6.45) is 0.185. The average molecular weight is 350 g/mol. The number of amides is 1. The third-order valence-corrected chi connectivity index (χ3v) is 8.21. The van der Waals surface area contributed by atoms with Crippen molar-refractivity contribution in [1.29, 1.82) is 0 Å². The van der Waals surface area contributed by atoms with Crippen molar-refractivity contribution in [3.05, 3.63) is 17.0 Å². The standard InChI is InChI=1S/C14H20ClNO3S2/c1-13(2)10(14(13,3)4)8-16-11(17)7-9-5-6-12(20-9)21(15,18)19/h5-6,10H,7-8H2,1-4H3,(H,16,17). The molecule has 1 heterocycles. The monoisotopic (exact) mass is 349 g/mol. The SMILES string of the molecule is CC1(C)C(CNC(=O)Cc2ccc(S(=O)(=O)Cl)s2)C1(C)C. The van der Waals surface area contributed by atoms with Crippen molar-refractivity contribution in [2.24, 2.45) is 16.7 Å². The summed E-state index contributed by atoms with van der Waals surface area (Å²) >= 11 is 1.04. The molecule has 118 valence electrons. The van der Waals surface area contributed by atoms with E-state index >= 15 is 0 Å². The van der Waals surface area contributed by atoms with Crippen LogP contribution in [0.25, 0.3) is 0 Å². The second kappa shape index (κ2) is 5.25. The lowest BCUT2D eigenvalue weighted by molar-refractivity contribution is -0.120. The summed E-state index contributed by atoms with van der Waals surface area (Å²) in [5.74, 6) is 0.380. The zero-order valence-electron chi connectivity index (χ0n) is 12.6. The summed E-state index contributed by atoms with van der Waals surface area (Å²) < 4.78 is 22.4. The highest BCUT2D eigenvalue weighted by atomic mass is 35.7. The minimum Gasteiger partial charge on any atom is -0.355 e. The Kier molecular flexibility index (Phi) is 4.19. The molecular weight excluding hydrogens is 330 g/mol. The van der Waals surface area contributed by atoms with Gasteiger partial charge in [0.15, 0.2) is 0 Å². The van der Waals surface area contributed by atoms with Crippen LogP contribution in [0.3, 0.4) is 0 Å². The van der Waals surface area contributed by atoms with Crippen LogP contribution in [0.1, 0.15) is 32.6 Å². The van der Waals surface area contributed by atoms with Gasteiger partial charge in [0.25, 0.3) is 9.05 Å². The smallest absolute Gasteiger partial charge is 0.270 e. The minimum atomic E-state index is -3.71. The van der Waals surface area contributed by atoms with E-state index in [9.17, 15) is 13.2 Å². The van der Waals surface area contributed by atoms with E-state index in [1.807, 2.05) is 0 Å². The van der Waals surface area contributed by atoms with Crippen LogP contribution in [0.2, 0.25) is 0 Å². The topological polar surface area (TPSA) is 63.2 Å². The summed E-state index contributed by atoms with van der Waals surface area (Å²) in [5.41, 5.74) is 0.478. The van der Waals surface area contributed by atoms with Crippen LogP contribution in [0, 0.1) is 16.7 Å². The number of hydrogen-bond donors (Lipinski definition) is 1. The Labute approximate surface area is 134 Å². The molecule has 1 fully saturated rings. The number of carbonyl (C=O) groups is 1. The van der Waals surface area contributed by atoms with Crippen molar-refractivity contribution in [3.63, 3.8) is 0 Å². The molecule has 7 heteroatoms. The first kappa shape index (κ1) is 16.8. The average Bonchev–Trinajstić information content (AvgIpc) is 2.70. The van der Waals surface area contributed by atoms with Crippen LogP contribution in [0.5, 0.6) is 0 Å². The van der Waals surface area contributed by atoms with Crippen molar-refractivity contribution in [3.8, 4) is 0 Å². The van der Waals surface area contributed by atoms with E-state index in [0.717, 1.165) is 11.3 Å². The lowest BCUT2D eigenvalue weighted by atomic mass is 10.0. The van der Waals surface area contributed by atoms with E-state index in [1.54, 1.807) is 6.07 Å². The number of carbonyl (C=O) groups excluding carboxylic acids is 1. The van der Waals surface area contributed by atoms with Gasteiger partial charge in [-0.1, -0.05) is 27.7 Å². The molecule has 0 saturated heterocycles. The Morgan fingerprint density at radius 2 is 1.86 bits per heavy atom. The van der Waals surface area contributed by atoms with Crippen LogP contribution >= 0.6 is 22.0 Å². The molecule has 4 nitrogen and oxygen atoms in total. The largest absolute Gasteiger partial charge is 0.355 e. The van der Waals surface area contributed by atoms with Gasteiger partial charge in [-0.3, -0.25) is 4.79 Å². The van der Waals surface area contributed by atoms with E-state index < -0.39 is 9.05 Å². The first-order valence-corrected chi connectivity index (χ1v) is 9.89. The van der Waals surface area contributed by atoms with Gasteiger partial charge < -0.3 is 5.32 Å². The Morgan fingerprint density at radius 1 is 1.29 bits per heavy atom. The first-order valence-electron chi connectivity index (χ1n) is 6.76. The molecule has 21 heavy (non-hydrogen) atoms. The predicted molar refractivity (Wildman–Crippen MR) is 85.1 cm³/mol. The van der Waals surface area contributed by atoms with E-state index in [0.29, 0.717) is 17.3 Å². The second-order valence-corrected chi connectivity index (χ2v) is 10.6. The highest BCUT2D eigenvalue weighted by Crippen LogP contribution is 2.67. The van der Waals surface area contributed by atoms with Crippen LogP contribution in [0.15, 0.2) is 16.3 Å². The fourth-order valence-electron chi connectivity index (χ4n) is 2.86. The summed E-state index contributed by atoms with van der Waals surface area (Å²) in [7, 11) is 1.56. The number of hydrogen-bond acceptors (Lipinski definition) is 4. The van der Waals surface area contributed by atoms with E-state index in [1.165, 1.54) is 6.07 Å². The molecule has 1 amide bonds. The maximum Gasteiger partial charge on any atom is 0.270 e. The molecule has 1 aromatic heterocycles. The molecule has 1 aliphatic carbocycles. The Balaban J connectivity index is 1.88. The fraction of sp³-hybridized carbons (Fsp3) is 0.643. The van der Waals surface area contributed by atoms with E-state index in [2.05, 4.69) is 33.0 Å². The predicted octanol–water partition coefficient (Wildman–Crippen LogP) is 3.02. The normalized spacial score (nSPS) is 20.2. The van der Waals surface area contributed by atoms with Crippen molar-refractivity contribution < 1.29 is 13.2 Å². The molecule has 0 bridgehead atoms. The van der Waals surface area contributed by atoms with Gasteiger partial charge in [0.2, 0.25) is 5.91 Å². The van der Waals surface area contributed by atoms with Gasteiger partial charge >= 0.3 is 0 Å². The summed E-state index contributed by atoms with van der Waals surface area (Å²) in [4.78, 5) is 12.6. The second-order valence-electron chi connectivity index (χ2n) is 6.64. The molecule has 0 radical (unpaired) electrons. The Bertz CT molecular complexity index is 648. The van der Waals surface area contributed by atoms with Crippen molar-refractivity contribution in [1.82, 2.24) is 5.32 Å². The lowest BCUT2D eigenvalue weighted by Crippen LogP contribution is -2.28. The molecule has 0 unspecified atom stereocenters. The van der Waals surface area contributed by atoms with Gasteiger partial charge in [-0.2, -0.15) is 0 Å². The molecule has 0 spiro atoms. The Morgan fingerprint density at radius 3 is 2.29 bits per heavy atom. The summed E-state index contributed by atoms with van der Waals surface area (Å²) in [5, 5.41) is 2.94. The van der Waals surface area contributed by atoms with Gasteiger partial charge in [0, 0.05) is 22.1 Å². The minimum absolute atomic E-state index is 0.0800. The van der Waals surface area contributed by atoms with Crippen molar-refractivity contribution >= 4 is 37.0 Å². The van der Waals surface area contributed by atoms with Crippen LogP contribution in [-0.4, -0.2) is 20.9 Å². The molecular formula is C14H20ClNO3S2. The molecule has 1 N–H and O–H groups in total. The van der Waals surface area contributed by atoms with Crippen LogP contribution in [0.4, 0.5) is 0 Å². The lowest BCUT2D eigenvalue weighted by Gasteiger charge is -2.05. The zero-order chi connectivity index (χ0) is 16.1. The third-order valence-electron chi connectivity index (χ3n) is 5.04. The molecule has 0 aromatic carbocycles. The van der Waals surface area contributed by atoms with Crippen LogP contribution in [-0.2, 0) is 20.3 Å². The van der Waals surface area contributed by atoms with Gasteiger partial charge in [-0.05, 0) is 28.9 Å². The zero-order valence-corrected chi connectivity index (χ0v) is 15.0. The van der Waals surface area contributed by atoms with Crippen molar-refractivity contribution in [2.45, 2.75) is 38.3 Å². The Hall–Kier alpha value is -0.590. The third kappa shape index (κ3) is 3.27. The molecule has 1 aliphatic rings. The maximum absolute atomic E-state index is 11.9. The van der Waals surface area contributed by atoms with Gasteiger partial charge in [-0.15, -0.1) is 11.3 Å². The molecule has 2 rings (SSSR count). The highest BCUT2D eigenvalue weighted by molar-refractivity contribution is 8.15. The number of rotatable bonds is 5. The quantitative estimate of drug-likeness (QED) is 0.831. The number of halogens is 1. The van der Waals surface area contributed by atoms with E-state index in [4.69, 9.17) is 10.7 Å². The summed E-state index contributed by atoms with van der Waals surface area (Å²) in [6, 6.07) is 3.06. The fourth-order valence-corrected chi connectivity index (χ4v) is 4.99.